The van der Waals surface area contributed by atoms with Crippen LogP contribution < -0.4 is 15.4 Å². The number of fused-ring (bicyclic) bond motifs is 1. The van der Waals surface area contributed by atoms with Crippen molar-refractivity contribution < 1.29 is 19.4 Å². The lowest BCUT2D eigenvalue weighted by atomic mass is 9.51. The number of carbonyl (C=O) groups excluding carboxylic acids is 2. The van der Waals surface area contributed by atoms with Gasteiger partial charge in [0.25, 0.3) is 5.91 Å². The number of nitrogens with one attached hydrogen (secondary N) is 2. The number of aliphatic hydroxyl groups excluding tert-OH is 1. The molecule has 2 amide bonds. The van der Waals surface area contributed by atoms with Gasteiger partial charge in [-0.25, -0.2) is 0 Å². The Bertz CT molecular complexity index is 1060. The summed E-state index contributed by atoms with van der Waals surface area (Å²) >= 11 is 0. The van der Waals surface area contributed by atoms with Crippen LogP contribution in [0.15, 0.2) is 48.8 Å². The van der Waals surface area contributed by atoms with Crippen LogP contribution in [0.2, 0.25) is 0 Å². The Morgan fingerprint density at radius 3 is 2.58 bits per heavy atom. The molecule has 1 aromatic heterocycles. The molecule has 1 heterocycles. The maximum atomic E-state index is 13.1. The summed E-state index contributed by atoms with van der Waals surface area (Å²) in [6, 6.07) is 11.0. The van der Waals surface area contributed by atoms with Crippen molar-refractivity contribution >= 4 is 11.8 Å². The van der Waals surface area contributed by atoms with Crippen LogP contribution in [0.5, 0.6) is 5.75 Å². The Kier molecular flexibility index (Phi) is 7.98. The van der Waals surface area contributed by atoms with Crippen molar-refractivity contribution in [3.05, 3.63) is 59.9 Å². The molecule has 36 heavy (non-hydrogen) atoms. The summed E-state index contributed by atoms with van der Waals surface area (Å²) in [5, 5.41) is 17.9. The van der Waals surface area contributed by atoms with Gasteiger partial charge in [0.2, 0.25) is 5.91 Å². The topological polar surface area (TPSA) is 101 Å². The number of hydrogen-bond donors (Lipinski definition) is 3. The molecular weight excluding hydrogens is 454 g/mol. The quantitative estimate of drug-likeness (QED) is 0.542. The summed E-state index contributed by atoms with van der Waals surface area (Å²) in [4.78, 5) is 29.9. The first-order valence-corrected chi connectivity index (χ1v) is 13.0. The number of pyridine rings is 1. The van der Waals surface area contributed by atoms with E-state index in [-0.39, 0.29) is 46.9 Å². The molecule has 4 rings (SSSR count). The number of benzene rings is 1. The van der Waals surface area contributed by atoms with Crippen LogP contribution >= 0.6 is 0 Å². The summed E-state index contributed by atoms with van der Waals surface area (Å²) in [7, 11) is 1.62. The van der Waals surface area contributed by atoms with Gasteiger partial charge in [0.05, 0.1) is 13.2 Å². The molecule has 0 unspecified atom stereocenters. The van der Waals surface area contributed by atoms with Gasteiger partial charge in [-0.05, 0) is 67.1 Å². The predicted octanol–water partition coefficient (Wildman–Crippen LogP) is 3.96. The van der Waals surface area contributed by atoms with Gasteiger partial charge in [0.1, 0.15) is 5.75 Å². The number of carbonyl (C=O) groups is 2. The number of aromatic nitrogens is 1. The van der Waals surface area contributed by atoms with Crippen LogP contribution in [0.4, 0.5) is 0 Å². The van der Waals surface area contributed by atoms with Crippen LogP contribution in [-0.4, -0.2) is 41.2 Å². The summed E-state index contributed by atoms with van der Waals surface area (Å²) in [6.07, 6.45) is 6.25. The lowest BCUT2D eigenvalue weighted by molar-refractivity contribution is -0.142. The number of methoxy groups -OCH3 is 1. The highest BCUT2D eigenvalue weighted by molar-refractivity contribution is 5.94. The van der Waals surface area contributed by atoms with E-state index in [4.69, 9.17) is 4.74 Å². The molecule has 0 radical (unpaired) electrons. The fraction of sp³-hybridized carbons (Fsp3) is 0.552. The zero-order chi connectivity index (χ0) is 25.9. The van der Waals surface area contributed by atoms with Crippen molar-refractivity contribution in [2.75, 3.05) is 7.11 Å². The highest BCUT2D eigenvalue weighted by Gasteiger charge is 2.53. The largest absolute Gasteiger partial charge is 0.496 e. The van der Waals surface area contributed by atoms with E-state index >= 15 is 0 Å². The van der Waals surface area contributed by atoms with Crippen molar-refractivity contribution in [2.24, 2.45) is 29.1 Å². The molecule has 2 aliphatic carbocycles. The van der Waals surface area contributed by atoms with Crippen molar-refractivity contribution in [3.8, 4) is 5.75 Å². The van der Waals surface area contributed by atoms with Crippen molar-refractivity contribution in [1.29, 1.82) is 0 Å². The Balaban J connectivity index is 1.42. The number of amides is 2. The van der Waals surface area contributed by atoms with E-state index in [0.717, 1.165) is 37.0 Å². The molecule has 0 saturated heterocycles. The van der Waals surface area contributed by atoms with Crippen LogP contribution in [0.3, 0.4) is 0 Å². The maximum absolute atomic E-state index is 13.1. The number of hydrogen-bond acceptors (Lipinski definition) is 5. The zero-order valence-electron chi connectivity index (χ0n) is 21.7. The predicted molar refractivity (Wildman–Crippen MR) is 138 cm³/mol. The van der Waals surface area contributed by atoms with Crippen LogP contribution in [0, 0.1) is 29.1 Å². The van der Waals surface area contributed by atoms with Gasteiger partial charge in [0, 0.05) is 42.0 Å². The van der Waals surface area contributed by atoms with Gasteiger partial charge in [-0.1, -0.05) is 39.0 Å². The molecule has 2 aromatic rings. The lowest BCUT2D eigenvalue weighted by Crippen LogP contribution is -2.58. The number of ether oxygens (including phenoxy) is 1. The molecule has 0 spiro atoms. The average molecular weight is 494 g/mol. The molecule has 0 bridgehead atoms. The van der Waals surface area contributed by atoms with E-state index in [0.29, 0.717) is 12.1 Å². The van der Waals surface area contributed by atoms with Crippen molar-refractivity contribution in [1.82, 2.24) is 15.6 Å². The summed E-state index contributed by atoms with van der Waals surface area (Å²) in [6.45, 7) is 6.71. The van der Waals surface area contributed by atoms with Gasteiger partial charge in [-0.15, -0.1) is 0 Å². The van der Waals surface area contributed by atoms with E-state index in [1.54, 1.807) is 31.6 Å². The van der Waals surface area contributed by atoms with Crippen molar-refractivity contribution in [3.63, 3.8) is 0 Å². The van der Waals surface area contributed by atoms with E-state index in [1.165, 1.54) is 0 Å². The number of aliphatic hydroxyl groups is 1. The minimum absolute atomic E-state index is 0.000822. The first-order valence-electron chi connectivity index (χ1n) is 13.0. The van der Waals surface area contributed by atoms with E-state index in [2.05, 4.69) is 29.5 Å². The molecule has 2 aliphatic rings. The normalized spacial score (nSPS) is 30.5. The smallest absolute Gasteiger partial charge is 0.251 e. The van der Waals surface area contributed by atoms with Crippen LogP contribution in [-0.2, 0) is 11.3 Å². The standard InChI is InChI=1S/C29H39N3O4/c1-18(27(34)31-17-21-7-5-6-8-24(21)36-4)22-9-13-29(3)14-10-23(19(2)25(29)26(22)33)32-28(35)20-11-15-30-16-12-20/h5-8,11-12,15-16,18-19,22-23,25-26,33H,9-10,13-14,17H2,1-4H3,(H,31,34)(H,32,35)/t18-,19+,22+,23-,25+,26-,29-/m0/s1. The third-order valence-electron chi connectivity index (χ3n) is 8.85. The second kappa shape index (κ2) is 11.0. The molecule has 1 aromatic carbocycles. The van der Waals surface area contributed by atoms with Gasteiger partial charge < -0.3 is 20.5 Å². The second-order valence-corrected chi connectivity index (χ2v) is 10.9. The summed E-state index contributed by atoms with van der Waals surface area (Å²) in [5.74, 6) is 0.239. The first kappa shape index (κ1) is 26.1. The molecule has 2 fully saturated rings. The summed E-state index contributed by atoms with van der Waals surface area (Å²) < 4.78 is 5.39. The van der Waals surface area contributed by atoms with E-state index in [1.807, 2.05) is 31.2 Å². The Morgan fingerprint density at radius 2 is 1.86 bits per heavy atom. The number of nitrogens with zero attached hydrogens (tertiary/aromatic N) is 1. The Hall–Kier alpha value is -2.93. The molecule has 7 atom stereocenters. The third-order valence-corrected chi connectivity index (χ3v) is 8.85. The van der Waals surface area contributed by atoms with Crippen molar-refractivity contribution in [2.45, 2.75) is 65.1 Å². The molecule has 2 saturated carbocycles. The molecular formula is C29H39N3O4. The Morgan fingerprint density at radius 1 is 1.17 bits per heavy atom. The highest BCUT2D eigenvalue weighted by atomic mass is 16.5. The molecule has 7 nitrogen and oxygen atoms in total. The van der Waals surface area contributed by atoms with Crippen LogP contribution in [0.1, 0.15) is 62.4 Å². The third kappa shape index (κ3) is 5.26. The second-order valence-electron chi connectivity index (χ2n) is 10.9. The first-order chi connectivity index (χ1) is 17.2. The summed E-state index contributed by atoms with van der Waals surface area (Å²) in [5.41, 5.74) is 1.51. The lowest BCUT2D eigenvalue weighted by Gasteiger charge is -2.56. The van der Waals surface area contributed by atoms with Gasteiger partial charge in [-0.2, -0.15) is 0 Å². The van der Waals surface area contributed by atoms with E-state index < -0.39 is 6.10 Å². The minimum atomic E-state index is -0.605. The number of rotatable bonds is 7. The molecule has 3 N–H and O–H groups in total. The minimum Gasteiger partial charge on any atom is -0.496 e. The van der Waals surface area contributed by atoms with Gasteiger partial charge >= 0.3 is 0 Å². The highest BCUT2D eigenvalue weighted by Crippen LogP contribution is 2.55. The fourth-order valence-electron chi connectivity index (χ4n) is 6.64. The van der Waals surface area contributed by atoms with Gasteiger partial charge in [0.15, 0.2) is 0 Å². The molecule has 194 valence electrons. The zero-order valence-corrected chi connectivity index (χ0v) is 21.7. The molecule has 7 heteroatoms. The van der Waals surface area contributed by atoms with Crippen LogP contribution in [0.25, 0.3) is 0 Å². The monoisotopic (exact) mass is 493 g/mol. The fourth-order valence-corrected chi connectivity index (χ4v) is 6.64. The van der Waals surface area contributed by atoms with E-state index in [9.17, 15) is 14.7 Å². The SMILES string of the molecule is COc1ccccc1CNC(=O)[C@@H](C)[C@H]1CC[C@@]2(C)CC[C@H](NC(=O)c3ccncc3)[C@@H](C)[C@@H]2[C@H]1O. The maximum Gasteiger partial charge on any atom is 0.251 e. The number of para-hydroxylation sites is 1. The molecule has 0 aliphatic heterocycles. The Labute approximate surface area is 214 Å². The van der Waals surface area contributed by atoms with Gasteiger partial charge in [-0.3, -0.25) is 14.6 Å². The average Bonchev–Trinajstić information content (AvgIpc) is 2.89.